The van der Waals surface area contributed by atoms with E-state index in [2.05, 4.69) is 19.2 Å². The monoisotopic (exact) mass is 214 g/mol. The summed E-state index contributed by atoms with van der Waals surface area (Å²) < 4.78 is 0. The minimum absolute atomic E-state index is 0.0161. The quantitative estimate of drug-likeness (QED) is 0.611. The van der Waals surface area contributed by atoms with E-state index in [9.17, 15) is 9.59 Å². The van der Waals surface area contributed by atoms with Crippen LogP contribution in [0.25, 0.3) is 0 Å². The van der Waals surface area contributed by atoms with Gasteiger partial charge in [-0.1, -0.05) is 13.8 Å². The molecule has 1 saturated heterocycles. The molecule has 0 aromatic carbocycles. The minimum Gasteiger partial charge on any atom is -0.395 e. The van der Waals surface area contributed by atoms with Crippen molar-refractivity contribution in [3.8, 4) is 0 Å². The molecule has 15 heavy (non-hydrogen) atoms. The van der Waals surface area contributed by atoms with Crippen LogP contribution in [-0.4, -0.2) is 47.6 Å². The summed E-state index contributed by atoms with van der Waals surface area (Å²) >= 11 is 0. The highest BCUT2D eigenvalue weighted by Crippen LogP contribution is 2.14. The Balaban J connectivity index is 2.68. The van der Waals surface area contributed by atoms with Crippen molar-refractivity contribution >= 4 is 11.8 Å². The maximum Gasteiger partial charge on any atom is 0.312 e. The number of carbonyl (C=O) groups excluding carboxylic acids is 2. The first kappa shape index (κ1) is 12.0. The van der Waals surface area contributed by atoms with E-state index < -0.39 is 11.8 Å². The van der Waals surface area contributed by atoms with Crippen LogP contribution in [0.5, 0.6) is 0 Å². The summed E-state index contributed by atoms with van der Waals surface area (Å²) in [4.78, 5) is 24.1. The minimum atomic E-state index is -0.566. The highest BCUT2D eigenvalue weighted by Gasteiger charge is 2.33. The third kappa shape index (κ3) is 2.92. The number of β-amino-alcohol motifs (C(OH)–C–C–N with tert-alkyl or cyclic N) is 1. The maximum atomic E-state index is 11.5. The van der Waals surface area contributed by atoms with E-state index in [1.807, 2.05) is 0 Å². The van der Waals surface area contributed by atoms with Crippen molar-refractivity contribution < 1.29 is 14.7 Å². The fourth-order valence-electron chi connectivity index (χ4n) is 1.84. The van der Waals surface area contributed by atoms with E-state index in [4.69, 9.17) is 5.11 Å². The standard InChI is InChI=1S/C10H18N2O3/c1-7(2)5-8-6-11-9(14)10(15)12(8)3-4-13/h7-8,13H,3-6H2,1-2H3,(H,11,14). The van der Waals surface area contributed by atoms with Gasteiger partial charge in [-0.25, -0.2) is 0 Å². The van der Waals surface area contributed by atoms with Crippen molar-refractivity contribution in [1.29, 1.82) is 0 Å². The van der Waals surface area contributed by atoms with Crippen LogP contribution in [-0.2, 0) is 9.59 Å². The van der Waals surface area contributed by atoms with Gasteiger partial charge in [0, 0.05) is 19.1 Å². The predicted molar refractivity (Wildman–Crippen MR) is 55.1 cm³/mol. The number of nitrogens with one attached hydrogen (secondary N) is 1. The van der Waals surface area contributed by atoms with E-state index in [1.54, 1.807) is 0 Å². The Bertz CT molecular complexity index is 253. The van der Waals surface area contributed by atoms with E-state index in [1.165, 1.54) is 4.90 Å². The molecule has 0 bridgehead atoms. The summed E-state index contributed by atoms with van der Waals surface area (Å²) in [5.41, 5.74) is 0. The predicted octanol–water partition coefficient (Wildman–Crippen LogP) is -0.648. The smallest absolute Gasteiger partial charge is 0.312 e. The van der Waals surface area contributed by atoms with Gasteiger partial charge in [-0.15, -0.1) is 0 Å². The summed E-state index contributed by atoms with van der Waals surface area (Å²) in [5.74, 6) is -0.636. The molecule has 2 amide bonds. The third-order valence-corrected chi connectivity index (χ3v) is 2.48. The molecule has 2 N–H and O–H groups in total. The molecule has 0 aromatic rings. The van der Waals surface area contributed by atoms with Gasteiger partial charge in [-0.3, -0.25) is 9.59 Å². The molecule has 0 spiro atoms. The lowest BCUT2D eigenvalue weighted by Gasteiger charge is -2.35. The van der Waals surface area contributed by atoms with Gasteiger partial charge < -0.3 is 15.3 Å². The van der Waals surface area contributed by atoms with Gasteiger partial charge in [-0.2, -0.15) is 0 Å². The highest BCUT2D eigenvalue weighted by molar-refractivity contribution is 6.35. The molecular weight excluding hydrogens is 196 g/mol. The normalized spacial score (nSPS) is 22.1. The average molecular weight is 214 g/mol. The largest absolute Gasteiger partial charge is 0.395 e. The van der Waals surface area contributed by atoms with Crippen LogP contribution >= 0.6 is 0 Å². The Morgan fingerprint density at radius 1 is 1.53 bits per heavy atom. The van der Waals surface area contributed by atoms with Crippen LogP contribution in [0.4, 0.5) is 0 Å². The lowest BCUT2D eigenvalue weighted by atomic mass is 10.0. The molecule has 86 valence electrons. The van der Waals surface area contributed by atoms with Crippen molar-refractivity contribution in [2.75, 3.05) is 19.7 Å². The fraction of sp³-hybridized carbons (Fsp3) is 0.800. The van der Waals surface area contributed by atoms with Gasteiger partial charge in [0.05, 0.1) is 6.61 Å². The molecule has 1 fully saturated rings. The van der Waals surface area contributed by atoms with Gasteiger partial charge in [0.2, 0.25) is 0 Å². The van der Waals surface area contributed by atoms with Crippen molar-refractivity contribution in [3.63, 3.8) is 0 Å². The Morgan fingerprint density at radius 2 is 2.20 bits per heavy atom. The third-order valence-electron chi connectivity index (χ3n) is 2.48. The van der Waals surface area contributed by atoms with Crippen LogP contribution in [0, 0.1) is 5.92 Å². The Morgan fingerprint density at radius 3 is 2.73 bits per heavy atom. The van der Waals surface area contributed by atoms with Crippen molar-refractivity contribution in [2.45, 2.75) is 26.3 Å². The molecule has 0 saturated carbocycles. The zero-order chi connectivity index (χ0) is 11.4. The number of aliphatic hydroxyl groups is 1. The lowest BCUT2D eigenvalue weighted by molar-refractivity contribution is -0.151. The van der Waals surface area contributed by atoms with Crippen molar-refractivity contribution in [1.82, 2.24) is 10.2 Å². The molecule has 1 heterocycles. The van der Waals surface area contributed by atoms with Crippen molar-refractivity contribution in [2.24, 2.45) is 5.92 Å². The number of aliphatic hydroxyl groups excluding tert-OH is 1. The summed E-state index contributed by atoms with van der Waals surface area (Å²) in [5, 5.41) is 11.4. The first-order valence-electron chi connectivity index (χ1n) is 5.26. The molecule has 1 aliphatic rings. The zero-order valence-electron chi connectivity index (χ0n) is 9.19. The molecule has 0 aliphatic carbocycles. The molecule has 0 aromatic heterocycles. The Kier molecular flexibility index (Phi) is 4.08. The first-order chi connectivity index (χ1) is 7.06. The number of nitrogens with zero attached hydrogens (tertiary/aromatic N) is 1. The molecule has 5 heteroatoms. The summed E-state index contributed by atoms with van der Waals surface area (Å²) in [6, 6.07) is 0.0161. The molecular formula is C10H18N2O3. The molecule has 1 unspecified atom stereocenters. The van der Waals surface area contributed by atoms with E-state index in [0.29, 0.717) is 12.5 Å². The Labute approximate surface area is 89.4 Å². The van der Waals surface area contributed by atoms with Gasteiger partial charge in [0.15, 0.2) is 0 Å². The van der Waals surface area contributed by atoms with Crippen LogP contribution in [0.1, 0.15) is 20.3 Å². The SMILES string of the molecule is CC(C)CC1CNC(=O)C(=O)N1CCO. The molecule has 1 atom stereocenters. The second-order valence-corrected chi connectivity index (χ2v) is 4.22. The van der Waals surface area contributed by atoms with Crippen LogP contribution in [0.2, 0.25) is 0 Å². The van der Waals surface area contributed by atoms with Crippen LogP contribution < -0.4 is 5.32 Å². The topological polar surface area (TPSA) is 69.6 Å². The molecule has 1 rings (SSSR count). The van der Waals surface area contributed by atoms with Crippen LogP contribution in [0.3, 0.4) is 0 Å². The molecule has 5 nitrogen and oxygen atoms in total. The van der Waals surface area contributed by atoms with Crippen molar-refractivity contribution in [3.05, 3.63) is 0 Å². The number of piperazine rings is 1. The maximum absolute atomic E-state index is 11.5. The van der Waals surface area contributed by atoms with Gasteiger partial charge >= 0.3 is 11.8 Å². The second kappa shape index (κ2) is 5.11. The molecule has 0 radical (unpaired) electrons. The number of hydrogen-bond donors (Lipinski definition) is 2. The fourth-order valence-corrected chi connectivity index (χ4v) is 1.84. The van der Waals surface area contributed by atoms with Gasteiger partial charge in [0.25, 0.3) is 0 Å². The summed E-state index contributed by atoms with van der Waals surface area (Å²) in [6.07, 6.45) is 0.839. The van der Waals surface area contributed by atoms with E-state index in [-0.39, 0.29) is 19.2 Å². The Hall–Kier alpha value is -1.10. The van der Waals surface area contributed by atoms with Gasteiger partial charge in [-0.05, 0) is 12.3 Å². The lowest BCUT2D eigenvalue weighted by Crippen LogP contribution is -2.58. The average Bonchev–Trinajstić information content (AvgIpc) is 2.17. The number of amides is 2. The van der Waals surface area contributed by atoms with E-state index in [0.717, 1.165) is 6.42 Å². The van der Waals surface area contributed by atoms with Crippen LogP contribution in [0.15, 0.2) is 0 Å². The second-order valence-electron chi connectivity index (χ2n) is 4.22. The summed E-state index contributed by atoms with van der Waals surface area (Å²) in [6.45, 7) is 4.76. The highest BCUT2D eigenvalue weighted by atomic mass is 16.3. The zero-order valence-corrected chi connectivity index (χ0v) is 9.19. The number of rotatable bonds is 4. The first-order valence-corrected chi connectivity index (χ1v) is 5.26. The van der Waals surface area contributed by atoms with E-state index >= 15 is 0 Å². The van der Waals surface area contributed by atoms with Gasteiger partial charge in [0.1, 0.15) is 0 Å². The molecule has 1 aliphatic heterocycles. The number of carbonyl (C=O) groups is 2. The summed E-state index contributed by atoms with van der Waals surface area (Å²) in [7, 11) is 0. The number of hydrogen-bond acceptors (Lipinski definition) is 3.